The van der Waals surface area contributed by atoms with Crippen LogP contribution in [0.5, 0.6) is 0 Å². The predicted octanol–water partition coefficient (Wildman–Crippen LogP) is 3.61. The van der Waals surface area contributed by atoms with Gasteiger partial charge in [0.2, 0.25) is 0 Å². The first-order valence-electron chi connectivity index (χ1n) is 8.89. The van der Waals surface area contributed by atoms with Crippen LogP contribution in [0.1, 0.15) is 16.8 Å². The molecule has 0 atom stereocenters. The Morgan fingerprint density at radius 3 is 2.64 bits per heavy atom. The van der Waals surface area contributed by atoms with E-state index in [9.17, 15) is 0 Å². The molecule has 1 N–H and O–H groups in total. The molecule has 1 saturated heterocycles. The van der Waals surface area contributed by atoms with Crippen LogP contribution in [0, 0.1) is 0 Å². The van der Waals surface area contributed by atoms with Crippen molar-refractivity contribution in [3.63, 3.8) is 0 Å². The van der Waals surface area contributed by atoms with Gasteiger partial charge in [-0.2, -0.15) is 5.10 Å². The lowest BCUT2D eigenvalue weighted by Crippen LogP contribution is -2.37. The highest BCUT2D eigenvalue weighted by atomic mass is 16.5. The fraction of sp³-hybridized carbons (Fsp3) is 0.286. The van der Waals surface area contributed by atoms with E-state index < -0.39 is 0 Å². The summed E-state index contributed by atoms with van der Waals surface area (Å²) in [5.74, 6) is 0. The number of rotatable bonds is 5. The van der Waals surface area contributed by atoms with Gasteiger partial charge >= 0.3 is 0 Å². The normalized spacial score (nSPS) is 16.0. The highest BCUT2D eigenvalue weighted by molar-refractivity contribution is 5.89. The summed E-state index contributed by atoms with van der Waals surface area (Å²) in [6.45, 7) is 4.95. The van der Waals surface area contributed by atoms with Gasteiger partial charge in [0.25, 0.3) is 0 Å². The highest BCUT2D eigenvalue weighted by Crippen LogP contribution is 2.18. The van der Waals surface area contributed by atoms with E-state index in [2.05, 4.69) is 57.6 Å². The quantitative estimate of drug-likeness (QED) is 0.775. The first kappa shape index (κ1) is 16.1. The third kappa shape index (κ3) is 3.98. The van der Waals surface area contributed by atoms with Crippen molar-refractivity contribution in [3.05, 3.63) is 65.4 Å². The van der Waals surface area contributed by atoms with Gasteiger partial charge in [-0.15, -0.1) is 0 Å². The number of fused-ring (bicyclic) bond motifs is 1. The van der Waals surface area contributed by atoms with Crippen molar-refractivity contribution in [1.82, 2.24) is 15.1 Å². The second kappa shape index (κ2) is 7.64. The van der Waals surface area contributed by atoms with Crippen molar-refractivity contribution < 1.29 is 4.74 Å². The van der Waals surface area contributed by atoms with Gasteiger partial charge in [-0.3, -0.25) is 10.00 Å². The van der Waals surface area contributed by atoms with E-state index in [0.717, 1.165) is 55.9 Å². The molecule has 3 aromatic rings. The summed E-state index contributed by atoms with van der Waals surface area (Å²) < 4.78 is 5.40. The Labute approximate surface area is 148 Å². The average molecular weight is 333 g/mol. The van der Waals surface area contributed by atoms with Gasteiger partial charge in [-0.1, -0.05) is 48.5 Å². The van der Waals surface area contributed by atoms with Crippen LogP contribution < -0.4 is 0 Å². The molecule has 2 heterocycles. The standard InChI is InChI=1S/C21H23N3O/c1-2-4-20-19(3-1)21(23-22-20)10-9-17-5-7-18(8-6-17)11-12-24-13-15-25-16-14-24/h1-10H,11-16H2,(H,22,23)/b10-9+. The van der Waals surface area contributed by atoms with Gasteiger partial charge in [0, 0.05) is 25.0 Å². The zero-order valence-electron chi connectivity index (χ0n) is 14.3. The summed E-state index contributed by atoms with van der Waals surface area (Å²) >= 11 is 0. The Morgan fingerprint density at radius 2 is 1.80 bits per heavy atom. The van der Waals surface area contributed by atoms with Gasteiger partial charge in [0.1, 0.15) is 0 Å². The lowest BCUT2D eigenvalue weighted by molar-refractivity contribution is 0.0384. The van der Waals surface area contributed by atoms with E-state index in [1.807, 2.05) is 18.2 Å². The van der Waals surface area contributed by atoms with Crippen LogP contribution >= 0.6 is 0 Å². The van der Waals surface area contributed by atoms with Crippen LogP contribution in [0.15, 0.2) is 48.5 Å². The maximum atomic E-state index is 5.40. The number of nitrogens with zero attached hydrogens (tertiary/aromatic N) is 2. The fourth-order valence-corrected chi connectivity index (χ4v) is 3.19. The molecule has 0 spiro atoms. The minimum atomic E-state index is 0.867. The molecule has 1 fully saturated rings. The van der Waals surface area contributed by atoms with Crippen molar-refractivity contribution in [1.29, 1.82) is 0 Å². The summed E-state index contributed by atoms with van der Waals surface area (Å²) in [5.41, 5.74) is 4.63. The Kier molecular flexibility index (Phi) is 4.91. The van der Waals surface area contributed by atoms with Crippen molar-refractivity contribution >= 4 is 23.1 Å². The van der Waals surface area contributed by atoms with Crippen molar-refractivity contribution in [2.45, 2.75) is 6.42 Å². The van der Waals surface area contributed by atoms with E-state index >= 15 is 0 Å². The number of morpholine rings is 1. The van der Waals surface area contributed by atoms with Gasteiger partial charge in [0.05, 0.1) is 24.4 Å². The molecule has 1 aliphatic rings. The van der Waals surface area contributed by atoms with E-state index in [4.69, 9.17) is 4.74 Å². The summed E-state index contributed by atoms with van der Waals surface area (Å²) in [6.07, 6.45) is 5.28. The van der Waals surface area contributed by atoms with Crippen LogP contribution in [0.4, 0.5) is 0 Å². The molecule has 2 aromatic carbocycles. The number of aromatic amines is 1. The maximum absolute atomic E-state index is 5.40. The van der Waals surface area contributed by atoms with Gasteiger partial charge < -0.3 is 4.74 Å². The maximum Gasteiger partial charge on any atom is 0.0927 e. The Balaban J connectivity index is 1.38. The largest absolute Gasteiger partial charge is 0.379 e. The first-order valence-corrected chi connectivity index (χ1v) is 8.89. The topological polar surface area (TPSA) is 41.2 Å². The van der Waals surface area contributed by atoms with Gasteiger partial charge in [-0.05, 0) is 29.7 Å². The number of benzene rings is 2. The molecule has 0 radical (unpaired) electrons. The minimum Gasteiger partial charge on any atom is -0.379 e. The summed E-state index contributed by atoms with van der Waals surface area (Å²) in [7, 11) is 0. The Hall–Kier alpha value is -2.43. The Morgan fingerprint density at radius 1 is 1.00 bits per heavy atom. The molecule has 0 unspecified atom stereocenters. The van der Waals surface area contributed by atoms with E-state index in [1.54, 1.807) is 0 Å². The molecule has 0 bridgehead atoms. The van der Waals surface area contributed by atoms with Crippen molar-refractivity contribution in [3.8, 4) is 0 Å². The predicted molar refractivity (Wildman–Crippen MR) is 102 cm³/mol. The van der Waals surface area contributed by atoms with Crippen LogP contribution in [-0.2, 0) is 11.2 Å². The molecule has 4 heteroatoms. The first-order chi connectivity index (χ1) is 12.4. The third-order valence-electron chi connectivity index (χ3n) is 4.73. The number of para-hydroxylation sites is 1. The van der Waals surface area contributed by atoms with Gasteiger partial charge in [0.15, 0.2) is 0 Å². The van der Waals surface area contributed by atoms with Crippen LogP contribution in [0.2, 0.25) is 0 Å². The molecule has 1 aromatic heterocycles. The third-order valence-corrected chi connectivity index (χ3v) is 4.73. The monoisotopic (exact) mass is 333 g/mol. The minimum absolute atomic E-state index is 0.867. The molecule has 4 rings (SSSR count). The number of nitrogens with one attached hydrogen (secondary N) is 1. The molecular weight excluding hydrogens is 310 g/mol. The van der Waals surface area contributed by atoms with E-state index in [1.165, 1.54) is 11.1 Å². The average Bonchev–Trinajstić information content (AvgIpc) is 3.10. The van der Waals surface area contributed by atoms with Crippen LogP contribution in [0.25, 0.3) is 23.1 Å². The van der Waals surface area contributed by atoms with Gasteiger partial charge in [-0.25, -0.2) is 0 Å². The number of hydrogen-bond acceptors (Lipinski definition) is 3. The fourth-order valence-electron chi connectivity index (χ4n) is 3.19. The SMILES string of the molecule is C(=C\c1n[nH]c2ccccc12)/c1ccc(CCN2CCOCC2)cc1. The second-order valence-corrected chi connectivity index (χ2v) is 6.43. The van der Waals surface area contributed by atoms with Crippen molar-refractivity contribution in [2.24, 2.45) is 0 Å². The molecule has 25 heavy (non-hydrogen) atoms. The highest BCUT2D eigenvalue weighted by Gasteiger charge is 2.09. The molecule has 0 amide bonds. The number of H-pyrrole nitrogens is 1. The summed E-state index contributed by atoms with van der Waals surface area (Å²) in [6, 6.07) is 17.0. The molecule has 0 aliphatic carbocycles. The number of ether oxygens (including phenoxy) is 1. The lowest BCUT2D eigenvalue weighted by atomic mass is 10.1. The summed E-state index contributed by atoms with van der Waals surface area (Å²) in [4.78, 5) is 2.47. The molecular formula is C21H23N3O. The van der Waals surface area contributed by atoms with Crippen LogP contribution in [-0.4, -0.2) is 47.9 Å². The van der Waals surface area contributed by atoms with E-state index in [0.29, 0.717) is 0 Å². The second-order valence-electron chi connectivity index (χ2n) is 6.43. The Bertz CT molecular complexity index is 845. The molecule has 128 valence electrons. The van der Waals surface area contributed by atoms with Crippen LogP contribution in [0.3, 0.4) is 0 Å². The number of aromatic nitrogens is 2. The molecule has 4 nitrogen and oxygen atoms in total. The lowest BCUT2D eigenvalue weighted by Gasteiger charge is -2.26. The molecule has 0 saturated carbocycles. The summed E-state index contributed by atoms with van der Waals surface area (Å²) in [5, 5.41) is 8.60. The number of hydrogen-bond donors (Lipinski definition) is 1. The van der Waals surface area contributed by atoms with E-state index in [-0.39, 0.29) is 0 Å². The zero-order chi connectivity index (χ0) is 16.9. The zero-order valence-corrected chi connectivity index (χ0v) is 14.3. The molecule has 1 aliphatic heterocycles. The smallest absolute Gasteiger partial charge is 0.0927 e. The van der Waals surface area contributed by atoms with Crippen molar-refractivity contribution in [2.75, 3.05) is 32.8 Å².